The molecule has 0 aromatic carbocycles. The van der Waals surface area contributed by atoms with Gasteiger partial charge in [0.2, 0.25) is 0 Å². The van der Waals surface area contributed by atoms with Crippen LogP contribution in [0.2, 0.25) is 0 Å². The summed E-state index contributed by atoms with van der Waals surface area (Å²) < 4.78 is 30.1. The second-order valence-corrected chi connectivity index (χ2v) is 7.44. The van der Waals surface area contributed by atoms with Crippen molar-refractivity contribution in [1.29, 1.82) is 0 Å². The number of H-pyrrole nitrogens is 1. The van der Waals surface area contributed by atoms with E-state index >= 15 is 0 Å². The third-order valence-electron chi connectivity index (χ3n) is 2.33. The van der Waals surface area contributed by atoms with Crippen molar-refractivity contribution in [3.8, 4) is 0 Å². The number of hydrogen-bond acceptors (Lipinski definition) is 7. The smallest absolute Gasteiger partial charge is 0.340 e. The lowest BCUT2D eigenvalue weighted by Crippen LogP contribution is -2.14. The molecule has 0 radical (unpaired) electrons. The third kappa shape index (κ3) is 2.59. The molecule has 2 aromatic heterocycles. The lowest BCUT2D eigenvalue weighted by molar-refractivity contribution is 0.0697. The largest absolute Gasteiger partial charge is 0.478 e. The molecule has 20 heavy (non-hydrogen) atoms. The Bertz CT molecular complexity index is 829. The van der Waals surface area contributed by atoms with Gasteiger partial charge in [-0.25, -0.2) is 13.2 Å². The number of rotatable bonds is 4. The summed E-state index contributed by atoms with van der Waals surface area (Å²) in [4.78, 5) is 24.1. The summed E-state index contributed by atoms with van der Waals surface area (Å²) in [5.41, 5.74) is 0.226. The number of aromatic carboxylic acids is 1. The first kappa shape index (κ1) is 14.7. The Morgan fingerprint density at radius 3 is 2.55 bits per heavy atom. The van der Waals surface area contributed by atoms with Crippen molar-refractivity contribution in [3.63, 3.8) is 0 Å². The van der Waals surface area contributed by atoms with Crippen LogP contribution < -0.4 is 9.60 Å². The van der Waals surface area contributed by atoms with Crippen molar-refractivity contribution in [2.45, 2.75) is 18.1 Å². The van der Waals surface area contributed by atoms with Crippen molar-refractivity contribution >= 4 is 43.9 Å². The molecular weight excluding hydrogens is 326 g/mol. The van der Waals surface area contributed by atoms with Crippen molar-refractivity contribution in [2.24, 2.45) is 0 Å². The Hall–Kier alpha value is -1.72. The van der Waals surface area contributed by atoms with E-state index in [1.165, 1.54) is 13.8 Å². The Morgan fingerprint density at radius 2 is 2.05 bits per heavy atom. The summed E-state index contributed by atoms with van der Waals surface area (Å²) in [6.07, 6.45) is 0. The van der Waals surface area contributed by atoms with Crippen LogP contribution in [0.5, 0.6) is 0 Å². The van der Waals surface area contributed by atoms with Gasteiger partial charge in [-0.3, -0.25) is 9.52 Å². The molecule has 108 valence electrons. The molecule has 0 saturated heterocycles. The molecule has 0 amide bonds. The van der Waals surface area contributed by atoms with Crippen LogP contribution in [-0.2, 0) is 10.0 Å². The van der Waals surface area contributed by atoms with Crippen molar-refractivity contribution in [3.05, 3.63) is 26.6 Å². The average Bonchev–Trinajstić information content (AvgIpc) is 2.82. The second-order valence-electron chi connectivity index (χ2n) is 3.81. The molecule has 2 aromatic rings. The van der Waals surface area contributed by atoms with Crippen LogP contribution in [0.3, 0.4) is 0 Å². The van der Waals surface area contributed by atoms with Crippen LogP contribution in [0.25, 0.3) is 0 Å². The molecule has 0 spiro atoms. The molecule has 0 aliphatic rings. The van der Waals surface area contributed by atoms with E-state index in [2.05, 4.69) is 14.1 Å². The first-order chi connectivity index (χ1) is 9.22. The predicted molar refractivity (Wildman–Crippen MR) is 74.3 cm³/mol. The molecule has 11 heteroatoms. The summed E-state index contributed by atoms with van der Waals surface area (Å²) in [5.74, 6) is -1.27. The quantitative estimate of drug-likeness (QED) is 0.764. The van der Waals surface area contributed by atoms with Gasteiger partial charge >= 0.3 is 10.8 Å². The molecule has 0 aliphatic heterocycles. The fourth-order valence-electron chi connectivity index (χ4n) is 1.51. The number of aromatic amines is 1. The minimum absolute atomic E-state index is 0.0877. The molecule has 0 aliphatic carbocycles. The van der Waals surface area contributed by atoms with Crippen molar-refractivity contribution in [2.75, 3.05) is 4.72 Å². The Balaban J connectivity index is 2.47. The van der Waals surface area contributed by atoms with Crippen LogP contribution in [0.4, 0.5) is 5.00 Å². The maximum absolute atomic E-state index is 12.1. The number of hydrogen-bond donors (Lipinski definition) is 3. The zero-order chi connectivity index (χ0) is 15.1. The van der Waals surface area contributed by atoms with Crippen molar-refractivity contribution in [1.82, 2.24) is 9.36 Å². The maximum atomic E-state index is 12.1. The van der Waals surface area contributed by atoms with Crippen LogP contribution in [0.15, 0.2) is 9.00 Å². The molecule has 0 atom stereocenters. The summed E-state index contributed by atoms with van der Waals surface area (Å²) in [7, 11) is -4.02. The number of aryl methyl sites for hydroxylation is 2. The number of carboxylic acids is 1. The average molecular weight is 335 g/mol. The molecular formula is C9H9N3O5S3. The van der Waals surface area contributed by atoms with Gasteiger partial charge in [0.05, 0.1) is 5.69 Å². The molecule has 3 N–H and O–H groups in total. The summed E-state index contributed by atoms with van der Waals surface area (Å²) >= 11 is 1.27. The van der Waals surface area contributed by atoms with Gasteiger partial charge in [-0.2, -0.15) is 4.37 Å². The van der Waals surface area contributed by atoms with E-state index in [-0.39, 0.29) is 26.2 Å². The number of carboxylic acid groups (broad SMARTS) is 1. The molecule has 0 fully saturated rings. The highest BCUT2D eigenvalue weighted by atomic mass is 32.2. The first-order valence-corrected chi connectivity index (χ1v) is 8.22. The number of aromatic nitrogens is 2. The van der Waals surface area contributed by atoms with Gasteiger partial charge in [0.15, 0.2) is 4.21 Å². The van der Waals surface area contributed by atoms with Gasteiger partial charge < -0.3 is 10.1 Å². The molecule has 2 rings (SSSR count). The van der Waals surface area contributed by atoms with Gasteiger partial charge in [-0.15, -0.1) is 0 Å². The van der Waals surface area contributed by atoms with E-state index in [4.69, 9.17) is 5.11 Å². The van der Waals surface area contributed by atoms with Gasteiger partial charge in [0.1, 0.15) is 10.6 Å². The lowest BCUT2D eigenvalue weighted by atomic mass is 10.2. The Kier molecular flexibility index (Phi) is 3.67. The van der Waals surface area contributed by atoms with E-state index < -0.39 is 20.9 Å². The highest BCUT2D eigenvalue weighted by molar-refractivity contribution is 7.94. The highest BCUT2D eigenvalue weighted by Gasteiger charge is 2.25. The summed E-state index contributed by atoms with van der Waals surface area (Å²) in [5, 5.41) is 8.95. The van der Waals surface area contributed by atoms with Crippen LogP contribution in [0, 0.1) is 13.8 Å². The van der Waals surface area contributed by atoms with E-state index in [1.807, 2.05) is 0 Å². The topological polar surface area (TPSA) is 129 Å². The maximum Gasteiger partial charge on any atom is 0.340 e. The van der Waals surface area contributed by atoms with Crippen LogP contribution >= 0.6 is 22.9 Å². The van der Waals surface area contributed by atoms with Gasteiger partial charge in [-0.05, 0) is 25.4 Å². The molecule has 8 nitrogen and oxygen atoms in total. The summed E-state index contributed by atoms with van der Waals surface area (Å²) in [6.45, 7) is 2.92. The summed E-state index contributed by atoms with van der Waals surface area (Å²) in [6, 6.07) is 0. The minimum Gasteiger partial charge on any atom is -0.478 e. The molecule has 0 unspecified atom stereocenters. The van der Waals surface area contributed by atoms with E-state index in [1.54, 1.807) is 0 Å². The lowest BCUT2D eigenvalue weighted by Gasteiger charge is -2.05. The van der Waals surface area contributed by atoms with E-state index in [0.29, 0.717) is 11.3 Å². The molecule has 0 saturated carbocycles. The van der Waals surface area contributed by atoms with E-state index in [9.17, 15) is 18.0 Å². The number of nitrogens with zero attached hydrogens (tertiary/aromatic N) is 1. The predicted octanol–water partition coefficient (Wildman–Crippen LogP) is 1.01. The highest BCUT2D eigenvalue weighted by Crippen LogP contribution is 2.28. The zero-order valence-corrected chi connectivity index (χ0v) is 12.7. The van der Waals surface area contributed by atoms with Gasteiger partial charge in [0, 0.05) is 5.69 Å². The number of sulfonamides is 1. The fraction of sp³-hybridized carbons (Fsp3) is 0.222. The number of nitrogens with one attached hydrogen (secondary N) is 2. The SMILES string of the molecule is Cc1nsc(NS(=O)(=O)c2sc(=O)[nH]c2C)c1C(=O)O. The fourth-order valence-corrected chi connectivity index (χ4v) is 4.89. The van der Waals surface area contributed by atoms with E-state index in [0.717, 1.165) is 11.5 Å². The molecule has 0 bridgehead atoms. The normalized spacial score (nSPS) is 11.5. The van der Waals surface area contributed by atoms with Crippen molar-refractivity contribution < 1.29 is 18.3 Å². The van der Waals surface area contributed by atoms with Crippen LogP contribution in [-0.4, -0.2) is 28.9 Å². The first-order valence-electron chi connectivity index (χ1n) is 5.14. The second kappa shape index (κ2) is 5.00. The van der Waals surface area contributed by atoms with Gasteiger partial charge in [0.25, 0.3) is 10.0 Å². The zero-order valence-electron chi connectivity index (χ0n) is 10.3. The van der Waals surface area contributed by atoms with Gasteiger partial charge in [-0.1, -0.05) is 11.3 Å². The number of carbonyl (C=O) groups is 1. The Morgan fingerprint density at radius 1 is 1.40 bits per heavy atom. The number of thiazole rings is 1. The monoisotopic (exact) mass is 335 g/mol. The molecule has 2 heterocycles. The number of anilines is 1. The third-order valence-corrected chi connectivity index (χ3v) is 6.27. The Labute approximate surface area is 121 Å². The minimum atomic E-state index is -4.02. The van der Waals surface area contributed by atoms with Crippen LogP contribution in [0.1, 0.15) is 21.7 Å². The standard InChI is InChI=1S/C9H9N3O5S3/c1-3-5(7(13)14)6(19-11-3)12-20(16,17)8-4(2)10-9(15)18-8/h12H,1-2H3,(H,10,15)(H,13,14).